The molecule has 4 heterocycles. The maximum Gasteiger partial charge on any atom is 0.119 e. The molecule has 67 heavy (non-hydrogen) atoms. The average Bonchev–Trinajstić information content (AvgIpc) is 4.05. The molecular weight excluding hydrogens is 865 g/mol. The molecule has 0 N–H and O–H groups in total. The number of hydrogen-bond acceptors (Lipinski definition) is 4. The standard InChI is InChI=1S/C62H70N2S2Si/c1-7-11-13-15-17-25-37-67(38-26-18-16-14-12-8-2)56-39-43(5)31-33-50(56)51-34-32-49(42-57(51)67)62-46(10-4)41-55(66-62)53-36-35-52(54-40-45(9-3)44(6)65-54)60-61(53)64-59(48-29-23-20-24-30-48)58(63-60)47-27-21-19-22-28-47/h19-24,27-36,39-42H,7-18,25-26,37-38H2,1-6H3. The largest absolute Gasteiger partial charge is 0.243 e. The molecule has 2 nitrogen and oxygen atoms in total. The van der Waals surface area contributed by atoms with E-state index < -0.39 is 8.07 Å². The predicted molar refractivity (Wildman–Crippen MR) is 298 cm³/mol. The van der Waals surface area contributed by atoms with E-state index in [2.05, 4.69) is 163 Å². The molecule has 5 heteroatoms. The molecule has 3 aromatic heterocycles. The second kappa shape index (κ2) is 21.6. The minimum absolute atomic E-state index is 0.923. The third kappa shape index (κ3) is 9.71. The van der Waals surface area contributed by atoms with E-state index in [0.29, 0.717) is 0 Å². The van der Waals surface area contributed by atoms with E-state index >= 15 is 0 Å². The van der Waals surface area contributed by atoms with Crippen LogP contribution in [-0.4, -0.2) is 18.0 Å². The summed E-state index contributed by atoms with van der Waals surface area (Å²) in [5.41, 5.74) is 17.0. The van der Waals surface area contributed by atoms with Gasteiger partial charge in [0.1, 0.15) is 8.07 Å². The molecule has 0 atom stereocenters. The summed E-state index contributed by atoms with van der Waals surface area (Å²) in [6, 6.07) is 48.8. The van der Waals surface area contributed by atoms with Crippen LogP contribution in [0.15, 0.2) is 121 Å². The Hall–Kier alpha value is -4.94. The molecule has 0 unspecified atom stereocenters. The molecule has 344 valence electrons. The summed E-state index contributed by atoms with van der Waals surface area (Å²) in [5.74, 6) is 0. The van der Waals surface area contributed by atoms with Crippen LogP contribution in [0.1, 0.15) is 126 Å². The van der Waals surface area contributed by atoms with Crippen LogP contribution >= 0.6 is 22.7 Å². The zero-order valence-corrected chi connectivity index (χ0v) is 43.7. The lowest BCUT2D eigenvalue weighted by atomic mass is 9.99. The molecule has 0 amide bonds. The van der Waals surface area contributed by atoms with Gasteiger partial charge in [-0.05, 0) is 89.1 Å². The second-order valence-corrected chi connectivity index (χ2v) is 25.9. The maximum atomic E-state index is 5.73. The number of nitrogens with zero attached hydrogens (tertiary/aromatic N) is 2. The van der Waals surface area contributed by atoms with Gasteiger partial charge in [0.25, 0.3) is 0 Å². The van der Waals surface area contributed by atoms with Gasteiger partial charge in [-0.1, -0.05) is 220 Å². The number of hydrogen-bond donors (Lipinski definition) is 0. The van der Waals surface area contributed by atoms with Crippen molar-refractivity contribution in [3.05, 3.63) is 143 Å². The van der Waals surface area contributed by atoms with Gasteiger partial charge in [0.2, 0.25) is 0 Å². The quantitative estimate of drug-likeness (QED) is 0.0530. The summed E-state index contributed by atoms with van der Waals surface area (Å²) in [7, 11) is -2.06. The van der Waals surface area contributed by atoms with E-state index in [1.807, 2.05) is 22.7 Å². The van der Waals surface area contributed by atoms with Gasteiger partial charge in [-0.2, -0.15) is 0 Å². The fourth-order valence-electron chi connectivity index (χ4n) is 11.0. The van der Waals surface area contributed by atoms with E-state index in [9.17, 15) is 0 Å². The van der Waals surface area contributed by atoms with Gasteiger partial charge in [-0.15, -0.1) is 22.7 Å². The summed E-state index contributed by atoms with van der Waals surface area (Å²) >= 11 is 3.84. The van der Waals surface area contributed by atoms with Crippen molar-refractivity contribution < 1.29 is 0 Å². The van der Waals surface area contributed by atoms with Gasteiger partial charge in [-0.3, -0.25) is 0 Å². The molecule has 0 aliphatic carbocycles. The lowest BCUT2D eigenvalue weighted by molar-refractivity contribution is 0.616. The van der Waals surface area contributed by atoms with Crippen LogP contribution in [0.25, 0.3) is 76.0 Å². The first-order valence-electron chi connectivity index (χ1n) is 25.8. The Morgan fingerprint density at radius 2 is 0.910 bits per heavy atom. The number of aromatic nitrogens is 2. The van der Waals surface area contributed by atoms with E-state index in [4.69, 9.17) is 9.97 Å². The van der Waals surface area contributed by atoms with E-state index in [1.54, 1.807) is 10.4 Å². The second-order valence-electron chi connectivity index (χ2n) is 19.3. The van der Waals surface area contributed by atoms with Crippen LogP contribution in [0.2, 0.25) is 12.1 Å². The normalized spacial score (nSPS) is 12.8. The van der Waals surface area contributed by atoms with Crippen molar-refractivity contribution in [3.63, 3.8) is 0 Å². The number of rotatable bonds is 21. The average molecular weight is 935 g/mol. The first kappa shape index (κ1) is 47.1. The summed E-state index contributed by atoms with van der Waals surface area (Å²) in [6.07, 6.45) is 18.2. The molecule has 0 saturated heterocycles. The molecule has 1 aliphatic rings. The van der Waals surface area contributed by atoms with Crippen molar-refractivity contribution in [2.75, 3.05) is 0 Å². The van der Waals surface area contributed by atoms with Crippen LogP contribution in [0, 0.1) is 13.8 Å². The lowest BCUT2D eigenvalue weighted by Crippen LogP contribution is -2.55. The number of thiophene rings is 2. The number of benzene rings is 5. The molecule has 8 aromatic rings. The van der Waals surface area contributed by atoms with Crippen LogP contribution in [0.5, 0.6) is 0 Å². The van der Waals surface area contributed by atoms with Crippen LogP contribution in [0.3, 0.4) is 0 Å². The van der Waals surface area contributed by atoms with Gasteiger partial charge < -0.3 is 0 Å². The number of unbranched alkanes of at least 4 members (excludes halogenated alkanes) is 10. The number of aryl methyl sites for hydroxylation is 4. The Bertz CT molecular complexity index is 2930. The number of fused-ring (bicyclic) bond motifs is 4. The van der Waals surface area contributed by atoms with Crippen LogP contribution in [-0.2, 0) is 12.8 Å². The first-order valence-corrected chi connectivity index (χ1v) is 29.9. The Morgan fingerprint density at radius 3 is 1.45 bits per heavy atom. The molecule has 0 spiro atoms. The molecular formula is C62H70N2S2Si. The van der Waals surface area contributed by atoms with Gasteiger partial charge in [0.15, 0.2) is 0 Å². The van der Waals surface area contributed by atoms with Gasteiger partial charge >= 0.3 is 0 Å². The zero-order valence-electron chi connectivity index (χ0n) is 41.1. The molecule has 0 saturated carbocycles. The Balaban J connectivity index is 1.19. The highest BCUT2D eigenvalue weighted by atomic mass is 32.1. The lowest BCUT2D eigenvalue weighted by Gasteiger charge is -2.31. The van der Waals surface area contributed by atoms with E-state index in [-0.39, 0.29) is 0 Å². The van der Waals surface area contributed by atoms with Crippen molar-refractivity contribution in [1.82, 2.24) is 9.97 Å². The van der Waals surface area contributed by atoms with Crippen LogP contribution < -0.4 is 10.4 Å². The minimum Gasteiger partial charge on any atom is -0.243 e. The molecule has 0 radical (unpaired) electrons. The summed E-state index contributed by atoms with van der Waals surface area (Å²) in [5, 5.41) is 3.44. The molecule has 0 fully saturated rings. The summed E-state index contributed by atoms with van der Waals surface area (Å²) < 4.78 is 0. The summed E-state index contributed by atoms with van der Waals surface area (Å²) in [6.45, 7) is 13.8. The smallest absolute Gasteiger partial charge is 0.119 e. The highest BCUT2D eigenvalue weighted by Crippen LogP contribution is 2.46. The third-order valence-electron chi connectivity index (χ3n) is 14.7. The van der Waals surface area contributed by atoms with Gasteiger partial charge in [0, 0.05) is 41.8 Å². The topological polar surface area (TPSA) is 25.8 Å². The Morgan fingerprint density at radius 1 is 0.433 bits per heavy atom. The van der Waals surface area contributed by atoms with Crippen molar-refractivity contribution >= 4 is 52.2 Å². The molecule has 5 aromatic carbocycles. The molecule has 0 bridgehead atoms. The van der Waals surface area contributed by atoms with E-state index in [1.165, 1.54) is 142 Å². The van der Waals surface area contributed by atoms with Crippen molar-refractivity contribution in [2.24, 2.45) is 0 Å². The van der Waals surface area contributed by atoms with Gasteiger partial charge in [-0.25, -0.2) is 9.97 Å². The van der Waals surface area contributed by atoms with Gasteiger partial charge in [0.05, 0.1) is 22.4 Å². The summed E-state index contributed by atoms with van der Waals surface area (Å²) in [4.78, 5) is 16.7. The van der Waals surface area contributed by atoms with Crippen molar-refractivity contribution in [2.45, 2.75) is 144 Å². The zero-order chi connectivity index (χ0) is 46.3. The SMILES string of the molecule is CCCCCCCC[Si]1(CCCCCCCC)c2cc(C)ccc2-c2ccc(-c3sc(-c4ccc(-c5cc(CC)c(C)s5)c5nc(-c6ccccc6)c(-c6ccccc6)nc45)cc3CC)cc21. The fraction of sp³-hybridized carbons (Fsp3) is 0.355. The molecule has 9 rings (SSSR count). The highest BCUT2D eigenvalue weighted by Gasteiger charge is 2.44. The maximum absolute atomic E-state index is 5.73. The first-order chi connectivity index (χ1) is 32.9. The van der Waals surface area contributed by atoms with Crippen molar-refractivity contribution in [3.8, 4) is 65.0 Å². The minimum atomic E-state index is -2.06. The highest BCUT2D eigenvalue weighted by molar-refractivity contribution is 7.19. The molecule has 1 aliphatic heterocycles. The fourth-order valence-corrected chi connectivity index (χ4v) is 19.2. The van der Waals surface area contributed by atoms with E-state index in [0.717, 1.165) is 57.5 Å². The van der Waals surface area contributed by atoms with Crippen LogP contribution in [0.4, 0.5) is 0 Å². The van der Waals surface area contributed by atoms with Crippen molar-refractivity contribution in [1.29, 1.82) is 0 Å². The Kier molecular flexibility index (Phi) is 15.2. The predicted octanol–water partition coefficient (Wildman–Crippen LogP) is 18.1. The third-order valence-corrected chi connectivity index (χ3v) is 22.4. The monoisotopic (exact) mass is 934 g/mol. The Labute approximate surface area is 411 Å².